The van der Waals surface area contributed by atoms with E-state index in [-0.39, 0.29) is 10.8 Å². The van der Waals surface area contributed by atoms with E-state index in [4.69, 9.17) is 4.42 Å². The minimum Gasteiger partial charge on any atom is -0.456 e. The highest BCUT2D eigenvalue weighted by Gasteiger charge is 2.38. The SMILES string of the molecule is CC(C)(C)c1ccc(Nc2cc3oc4ccccc4c3cc2-c2ccc3c4cc5sc6ccccc6c5cc4n4c3c2Bc2cc3c(cc2-4)C(C)(C)c2ccccc2-3)cc1. The van der Waals surface area contributed by atoms with Crippen molar-refractivity contribution in [1.82, 2.24) is 4.57 Å². The standard InChI is InChI=1S/C55H41BN2OS/c1-54(2,3)30-18-20-31(21-19-30)57-45-29-49-40(33-13-7-10-16-48(33)59-49)24-38(45)35-22-23-36-39-27-51-41(34-14-8-11-17-50(34)60-51)26-46(39)58-47-28-43-37(25-44(47)56-52(35)53(36)58)32-12-6-9-15-42(32)55(43,4)5/h6-29,56-57H,1-5H3. The Balaban J connectivity index is 1.11. The molecule has 3 nitrogen and oxygen atoms in total. The lowest BCUT2D eigenvalue weighted by Crippen LogP contribution is -2.37. The summed E-state index contributed by atoms with van der Waals surface area (Å²) in [6, 6.07) is 54.6. The molecule has 13 rings (SSSR count). The van der Waals surface area contributed by atoms with Crippen molar-refractivity contribution in [3.8, 4) is 27.9 Å². The van der Waals surface area contributed by atoms with Crippen molar-refractivity contribution < 1.29 is 4.42 Å². The molecule has 2 aliphatic rings. The third-order valence-electron chi connectivity index (χ3n) is 13.8. The number of benzene rings is 8. The van der Waals surface area contributed by atoms with Crippen LogP contribution in [-0.2, 0) is 10.8 Å². The zero-order valence-electron chi connectivity index (χ0n) is 34.3. The molecule has 1 aliphatic carbocycles. The molecule has 0 spiro atoms. The van der Waals surface area contributed by atoms with Gasteiger partial charge in [0.15, 0.2) is 7.28 Å². The number of nitrogens with zero attached hydrogens (tertiary/aromatic N) is 1. The van der Waals surface area contributed by atoms with Gasteiger partial charge in [0.05, 0.1) is 11.2 Å². The first-order chi connectivity index (χ1) is 29.1. The zero-order valence-corrected chi connectivity index (χ0v) is 35.1. The minimum atomic E-state index is -0.101. The van der Waals surface area contributed by atoms with Crippen LogP contribution in [-0.4, -0.2) is 11.8 Å². The van der Waals surface area contributed by atoms with Gasteiger partial charge in [-0.2, -0.15) is 0 Å². The fraction of sp³-hybridized carbons (Fsp3) is 0.127. The van der Waals surface area contributed by atoms with Crippen LogP contribution in [0.15, 0.2) is 150 Å². The van der Waals surface area contributed by atoms with E-state index in [0.717, 1.165) is 40.6 Å². The maximum absolute atomic E-state index is 6.53. The Kier molecular flexibility index (Phi) is 6.75. The second-order valence-corrected chi connectivity index (χ2v) is 19.7. The van der Waals surface area contributed by atoms with Crippen molar-refractivity contribution in [3.05, 3.63) is 162 Å². The van der Waals surface area contributed by atoms with E-state index in [1.54, 1.807) is 0 Å². The van der Waals surface area contributed by atoms with Crippen LogP contribution in [0.2, 0.25) is 0 Å². The van der Waals surface area contributed by atoms with Gasteiger partial charge in [-0.3, -0.25) is 0 Å². The molecule has 0 unspecified atom stereocenters. The molecule has 3 aromatic heterocycles. The van der Waals surface area contributed by atoms with Gasteiger partial charge in [-0.05, 0) is 92.8 Å². The van der Waals surface area contributed by atoms with Crippen LogP contribution in [0.5, 0.6) is 0 Å². The molecule has 0 atom stereocenters. The molecule has 0 saturated carbocycles. The van der Waals surface area contributed by atoms with E-state index in [1.165, 1.54) is 97.5 Å². The van der Waals surface area contributed by atoms with Crippen LogP contribution in [0.25, 0.3) is 91.9 Å². The molecule has 8 aromatic carbocycles. The number of rotatable bonds is 3. The minimum absolute atomic E-state index is 0.0733. The Morgan fingerprint density at radius 1 is 0.583 bits per heavy atom. The summed E-state index contributed by atoms with van der Waals surface area (Å²) in [7, 11) is 0.829. The number of aromatic nitrogens is 1. The molecular weight excluding hydrogens is 747 g/mol. The van der Waals surface area contributed by atoms with Crippen molar-refractivity contribution in [2.24, 2.45) is 0 Å². The smallest absolute Gasteiger partial charge is 0.198 e. The molecular formula is C55H41BN2OS. The van der Waals surface area contributed by atoms with E-state index in [2.05, 4.69) is 190 Å². The predicted octanol–water partition coefficient (Wildman–Crippen LogP) is 13.8. The second-order valence-electron chi connectivity index (χ2n) is 18.6. The van der Waals surface area contributed by atoms with Crippen molar-refractivity contribution in [1.29, 1.82) is 0 Å². The number of thiophene rings is 1. The summed E-state index contributed by atoms with van der Waals surface area (Å²) in [5.41, 5.74) is 19.7. The molecule has 0 fully saturated rings. The Morgan fingerprint density at radius 2 is 1.37 bits per heavy atom. The van der Waals surface area contributed by atoms with Crippen LogP contribution in [0.1, 0.15) is 51.3 Å². The molecule has 0 amide bonds. The summed E-state index contributed by atoms with van der Waals surface area (Å²) in [5.74, 6) is 0. The maximum atomic E-state index is 6.53. The predicted molar refractivity (Wildman–Crippen MR) is 259 cm³/mol. The van der Waals surface area contributed by atoms with Crippen LogP contribution < -0.4 is 16.2 Å². The van der Waals surface area contributed by atoms with Crippen molar-refractivity contribution in [3.63, 3.8) is 0 Å². The summed E-state index contributed by atoms with van der Waals surface area (Å²) >= 11 is 1.90. The van der Waals surface area contributed by atoms with E-state index in [1.807, 2.05) is 11.3 Å². The number of furan rings is 1. The van der Waals surface area contributed by atoms with Gasteiger partial charge in [-0.15, -0.1) is 11.3 Å². The highest BCUT2D eigenvalue weighted by atomic mass is 32.1. The summed E-state index contributed by atoms with van der Waals surface area (Å²) < 4.78 is 11.8. The molecule has 0 saturated heterocycles. The number of hydrogen-bond acceptors (Lipinski definition) is 3. The number of para-hydroxylation sites is 1. The molecule has 5 heteroatoms. The Bertz CT molecular complexity index is 3670. The molecule has 4 heterocycles. The average molecular weight is 789 g/mol. The van der Waals surface area contributed by atoms with Crippen LogP contribution >= 0.6 is 11.3 Å². The van der Waals surface area contributed by atoms with Gasteiger partial charge in [-0.1, -0.05) is 131 Å². The monoisotopic (exact) mass is 788 g/mol. The van der Waals surface area contributed by atoms with Gasteiger partial charge in [-0.25, -0.2) is 0 Å². The number of fused-ring (bicyclic) bond motifs is 14. The lowest BCUT2D eigenvalue weighted by molar-refractivity contribution is 0.590. The van der Waals surface area contributed by atoms with Gasteiger partial charge in [0.25, 0.3) is 0 Å². The van der Waals surface area contributed by atoms with Crippen LogP contribution in [0, 0.1) is 0 Å². The van der Waals surface area contributed by atoms with Gasteiger partial charge >= 0.3 is 0 Å². The fourth-order valence-corrected chi connectivity index (χ4v) is 11.8. The molecule has 1 N–H and O–H groups in total. The zero-order chi connectivity index (χ0) is 40.2. The first-order valence-corrected chi connectivity index (χ1v) is 21.9. The first kappa shape index (κ1) is 34.3. The molecule has 60 heavy (non-hydrogen) atoms. The molecule has 1 aliphatic heterocycles. The molecule has 0 radical (unpaired) electrons. The summed E-state index contributed by atoms with van der Waals surface area (Å²) in [4.78, 5) is 0. The lowest BCUT2D eigenvalue weighted by atomic mass is 9.58. The lowest BCUT2D eigenvalue weighted by Gasteiger charge is -2.27. The molecule has 11 aromatic rings. The second kappa shape index (κ2) is 11.8. The van der Waals surface area contributed by atoms with E-state index >= 15 is 0 Å². The Hall–Kier alpha value is -6.56. The third-order valence-corrected chi connectivity index (χ3v) is 14.9. The highest BCUT2D eigenvalue weighted by Crippen LogP contribution is 2.50. The van der Waals surface area contributed by atoms with Gasteiger partial charge in [0.1, 0.15) is 11.2 Å². The van der Waals surface area contributed by atoms with E-state index in [0.29, 0.717) is 0 Å². The molecule has 0 bridgehead atoms. The van der Waals surface area contributed by atoms with Gasteiger partial charge in [0.2, 0.25) is 0 Å². The summed E-state index contributed by atoms with van der Waals surface area (Å²) in [5, 5.41) is 11.4. The van der Waals surface area contributed by atoms with E-state index < -0.39 is 0 Å². The largest absolute Gasteiger partial charge is 0.456 e. The first-order valence-electron chi connectivity index (χ1n) is 21.1. The quantitative estimate of drug-likeness (QED) is 0.181. The molecule has 286 valence electrons. The number of hydrogen-bond donors (Lipinski definition) is 1. The third kappa shape index (κ3) is 4.67. The topological polar surface area (TPSA) is 30.1 Å². The van der Waals surface area contributed by atoms with E-state index in [9.17, 15) is 0 Å². The summed E-state index contributed by atoms with van der Waals surface area (Å²) in [6.07, 6.45) is 0. The highest BCUT2D eigenvalue weighted by molar-refractivity contribution is 7.25. The van der Waals surface area contributed by atoms with Crippen molar-refractivity contribution >= 4 is 105 Å². The van der Waals surface area contributed by atoms with Crippen molar-refractivity contribution in [2.45, 2.75) is 45.4 Å². The Morgan fingerprint density at radius 3 is 2.22 bits per heavy atom. The van der Waals surface area contributed by atoms with Gasteiger partial charge in [0, 0.05) is 75.7 Å². The maximum Gasteiger partial charge on any atom is 0.198 e. The fourth-order valence-electron chi connectivity index (χ4n) is 10.7. The van der Waals surface area contributed by atoms with Crippen LogP contribution in [0.4, 0.5) is 11.4 Å². The number of anilines is 2. The van der Waals surface area contributed by atoms with Gasteiger partial charge < -0.3 is 14.3 Å². The van der Waals surface area contributed by atoms with Crippen LogP contribution in [0.3, 0.4) is 0 Å². The van der Waals surface area contributed by atoms with Crippen molar-refractivity contribution in [2.75, 3.05) is 5.32 Å². The number of nitrogens with one attached hydrogen (secondary N) is 1. The normalized spacial score (nSPS) is 14.0. The Labute approximate surface area is 353 Å². The summed E-state index contributed by atoms with van der Waals surface area (Å²) in [6.45, 7) is 11.6. The average Bonchev–Trinajstić information content (AvgIpc) is 3.96.